The summed E-state index contributed by atoms with van der Waals surface area (Å²) in [6, 6.07) is 5.11. The Labute approximate surface area is 140 Å². The summed E-state index contributed by atoms with van der Waals surface area (Å²) >= 11 is 0. The second-order valence-corrected chi connectivity index (χ2v) is 5.93. The fourth-order valence-electron chi connectivity index (χ4n) is 3.07. The average Bonchev–Trinajstić information content (AvgIpc) is 2.54. The summed E-state index contributed by atoms with van der Waals surface area (Å²) in [7, 11) is 1.45. The summed E-state index contributed by atoms with van der Waals surface area (Å²) in [5, 5.41) is 0. The van der Waals surface area contributed by atoms with Crippen LogP contribution in [0.5, 0.6) is 11.5 Å². The molecule has 1 fully saturated rings. The number of benzene rings is 1. The van der Waals surface area contributed by atoms with E-state index in [1.807, 2.05) is 6.07 Å². The van der Waals surface area contributed by atoms with Gasteiger partial charge in [-0.15, -0.1) is 0 Å². The van der Waals surface area contributed by atoms with Crippen molar-refractivity contribution in [2.45, 2.75) is 50.7 Å². The minimum absolute atomic E-state index is 0.0390. The SMILES string of the molecule is COc1ccc([C@H]2C[C@H](OC(C)=O)CC[C@H]2N)cc1OCC(F)F. The lowest BCUT2D eigenvalue weighted by atomic mass is 9.79. The highest BCUT2D eigenvalue weighted by Crippen LogP contribution is 2.38. The van der Waals surface area contributed by atoms with Gasteiger partial charge in [0.15, 0.2) is 11.5 Å². The number of rotatable bonds is 6. The molecule has 0 spiro atoms. The van der Waals surface area contributed by atoms with Crippen LogP contribution in [0, 0.1) is 0 Å². The molecule has 0 saturated heterocycles. The van der Waals surface area contributed by atoms with E-state index in [9.17, 15) is 13.6 Å². The summed E-state index contributed by atoms with van der Waals surface area (Å²) < 4.78 is 40.4. The third kappa shape index (κ3) is 4.80. The molecule has 134 valence electrons. The van der Waals surface area contributed by atoms with Crippen molar-refractivity contribution < 1.29 is 27.8 Å². The van der Waals surface area contributed by atoms with Crippen molar-refractivity contribution in [1.29, 1.82) is 0 Å². The van der Waals surface area contributed by atoms with Gasteiger partial charge in [0.2, 0.25) is 0 Å². The van der Waals surface area contributed by atoms with Crippen LogP contribution < -0.4 is 15.2 Å². The average molecular weight is 343 g/mol. The molecule has 2 N–H and O–H groups in total. The Morgan fingerprint density at radius 3 is 2.71 bits per heavy atom. The second-order valence-electron chi connectivity index (χ2n) is 5.93. The molecule has 0 heterocycles. The molecule has 5 nitrogen and oxygen atoms in total. The first-order valence-corrected chi connectivity index (χ1v) is 7.92. The van der Waals surface area contributed by atoms with Crippen LogP contribution in [0.15, 0.2) is 18.2 Å². The molecule has 0 aromatic heterocycles. The Morgan fingerprint density at radius 2 is 2.08 bits per heavy atom. The van der Waals surface area contributed by atoms with Crippen LogP contribution in [0.2, 0.25) is 0 Å². The molecular formula is C17H23F2NO4. The number of hydrogen-bond acceptors (Lipinski definition) is 5. The lowest BCUT2D eigenvalue weighted by molar-refractivity contribution is -0.148. The van der Waals surface area contributed by atoms with Gasteiger partial charge in [-0.05, 0) is 37.0 Å². The third-order valence-electron chi connectivity index (χ3n) is 4.17. The van der Waals surface area contributed by atoms with Crippen molar-refractivity contribution in [3.63, 3.8) is 0 Å². The van der Waals surface area contributed by atoms with E-state index in [4.69, 9.17) is 19.9 Å². The Balaban J connectivity index is 2.19. The molecule has 7 heteroatoms. The Morgan fingerprint density at radius 1 is 1.33 bits per heavy atom. The third-order valence-corrected chi connectivity index (χ3v) is 4.17. The van der Waals surface area contributed by atoms with Crippen LogP contribution in [0.25, 0.3) is 0 Å². The van der Waals surface area contributed by atoms with Gasteiger partial charge in [0.1, 0.15) is 12.7 Å². The van der Waals surface area contributed by atoms with Gasteiger partial charge < -0.3 is 19.9 Å². The molecule has 0 unspecified atom stereocenters. The zero-order valence-electron chi connectivity index (χ0n) is 13.8. The van der Waals surface area contributed by atoms with Crippen LogP contribution in [-0.2, 0) is 9.53 Å². The Kier molecular flexibility index (Phi) is 6.36. The highest BCUT2D eigenvalue weighted by molar-refractivity contribution is 5.66. The van der Waals surface area contributed by atoms with Gasteiger partial charge in [-0.25, -0.2) is 8.78 Å². The van der Waals surface area contributed by atoms with E-state index in [2.05, 4.69) is 0 Å². The summed E-state index contributed by atoms with van der Waals surface area (Å²) in [6.07, 6.45) is -0.700. The second kappa shape index (κ2) is 8.28. The predicted molar refractivity (Wildman–Crippen MR) is 84.6 cm³/mol. The molecule has 0 aliphatic heterocycles. The van der Waals surface area contributed by atoms with Crippen molar-refractivity contribution in [2.24, 2.45) is 5.73 Å². The van der Waals surface area contributed by atoms with E-state index in [-0.39, 0.29) is 29.8 Å². The lowest BCUT2D eigenvalue weighted by Gasteiger charge is -2.34. The zero-order chi connectivity index (χ0) is 17.7. The summed E-state index contributed by atoms with van der Waals surface area (Å²) in [4.78, 5) is 11.2. The van der Waals surface area contributed by atoms with E-state index in [0.717, 1.165) is 18.4 Å². The fraction of sp³-hybridized carbons (Fsp3) is 0.588. The maximum absolute atomic E-state index is 12.4. The number of nitrogens with two attached hydrogens (primary N) is 1. The standard InChI is InChI=1S/C17H23F2NO4/c1-10(21)24-12-4-5-14(20)13(8-12)11-3-6-15(22-2)16(7-11)23-9-17(18)19/h3,6-7,12-14,17H,4-5,8-9,20H2,1-2H3/t12-,13-,14-/m1/s1. The number of carbonyl (C=O) groups is 1. The van der Waals surface area contributed by atoms with Crippen molar-refractivity contribution in [2.75, 3.05) is 13.7 Å². The number of hydrogen-bond donors (Lipinski definition) is 1. The van der Waals surface area contributed by atoms with Gasteiger partial charge in [0.25, 0.3) is 6.43 Å². The van der Waals surface area contributed by atoms with E-state index in [0.29, 0.717) is 12.2 Å². The highest BCUT2D eigenvalue weighted by atomic mass is 19.3. The molecule has 1 aliphatic rings. The largest absolute Gasteiger partial charge is 0.493 e. The zero-order valence-corrected chi connectivity index (χ0v) is 13.8. The van der Waals surface area contributed by atoms with Gasteiger partial charge in [0, 0.05) is 18.9 Å². The number of alkyl halides is 2. The molecule has 0 bridgehead atoms. The number of esters is 1. The van der Waals surface area contributed by atoms with Crippen LogP contribution >= 0.6 is 0 Å². The minimum atomic E-state index is -2.57. The lowest BCUT2D eigenvalue weighted by Crippen LogP contribution is -2.38. The number of ether oxygens (including phenoxy) is 3. The minimum Gasteiger partial charge on any atom is -0.493 e. The normalized spacial score (nSPS) is 23.8. The molecule has 3 atom stereocenters. The first-order valence-electron chi connectivity index (χ1n) is 7.92. The van der Waals surface area contributed by atoms with Crippen molar-refractivity contribution in [3.8, 4) is 11.5 Å². The number of carbonyl (C=O) groups excluding carboxylic acids is 1. The summed E-state index contributed by atoms with van der Waals surface area (Å²) in [6.45, 7) is 0.680. The molecule has 2 rings (SSSR count). The molecule has 1 saturated carbocycles. The van der Waals surface area contributed by atoms with Crippen molar-refractivity contribution in [1.82, 2.24) is 0 Å². The molecular weight excluding hydrogens is 320 g/mol. The van der Waals surface area contributed by atoms with E-state index >= 15 is 0 Å². The van der Waals surface area contributed by atoms with Gasteiger partial charge in [-0.1, -0.05) is 6.07 Å². The molecule has 0 amide bonds. The molecule has 1 aromatic rings. The molecule has 24 heavy (non-hydrogen) atoms. The molecule has 1 aliphatic carbocycles. The van der Waals surface area contributed by atoms with E-state index in [1.54, 1.807) is 12.1 Å². The molecule has 1 aromatic carbocycles. The quantitative estimate of drug-likeness (QED) is 0.804. The summed E-state index contributed by atoms with van der Waals surface area (Å²) in [5.41, 5.74) is 7.08. The maximum Gasteiger partial charge on any atom is 0.302 e. The monoisotopic (exact) mass is 343 g/mol. The van der Waals surface area contributed by atoms with Crippen LogP contribution in [0.3, 0.4) is 0 Å². The molecule has 0 radical (unpaired) electrons. The first-order chi connectivity index (χ1) is 11.4. The van der Waals surface area contributed by atoms with Gasteiger partial charge >= 0.3 is 5.97 Å². The Hall–Kier alpha value is -1.89. The number of halogens is 2. The van der Waals surface area contributed by atoms with Gasteiger partial charge in [-0.2, -0.15) is 0 Å². The first kappa shape index (κ1) is 18.4. The van der Waals surface area contributed by atoms with Crippen LogP contribution in [-0.4, -0.2) is 38.3 Å². The topological polar surface area (TPSA) is 70.8 Å². The highest BCUT2D eigenvalue weighted by Gasteiger charge is 2.31. The maximum atomic E-state index is 12.4. The van der Waals surface area contributed by atoms with E-state index < -0.39 is 13.0 Å². The van der Waals surface area contributed by atoms with Crippen LogP contribution in [0.1, 0.15) is 37.7 Å². The van der Waals surface area contributed by atoms with Crippen molar-refractivity contribution in [3.05, 3.63) is 23.8 Å². The predicted octanol–water partition coefficient (Wildman–Crippen LogP) is 2.87. The van der Waals surface area contributed by atoms with Crippen LogP contribution in [0.4, 0.5) is 8.78 Å². The van der Waals surface area contributed by atoms with Crippen molar-refractivity contribution >= 4 is 5.97 Å². The number of methoxy groups -OCH3 is 1. The Bertz CT molecular complexity index is 568. The fourth-order valence-corrected chi connectivity index (χ4v) is 3.07. The smallest absolute Gasteiger partial charge is 0.302 e. The van der Waals surface area contributed by atoms with Gasteiger partial charge in [0.05, 0.1) is 7.11 Å². The summed E-state index contributed by atoms with van der Waals surface area (Å²) in [5.74, 6) is 0.297. The van der Waals surface area contributed by atoms with Gasteiger partial charge in [-0.3, -0.25) is 4.79 Å². The van der Waals surface area contributed by atoms with E-state index in [1.165, 1.54) is 14.0 Å².